The van der Waals surface area contributed by atoms with Gasteiger partial charge in [0.1, 0.15) is 12.0 Å². The number of hydrogen-bond donors (Lipinski definition) is 2. The predicted octanol–water partition coefficient (Wildman–Crippen LogP) is 3.45. The summed E-state index contributed by atoms with van der Waals surface area (Å²) in [6, 6.07) is 13.8. The molecule has 1 aliphatic rings. The molecule has 0 unspecified atom stereocenters. The van der Waals surface area contributed by atoms with E-state index in [1.165, 1.54) is 11.9 Å². The minimum Gasteiger partial charge on any atom is -0.491 e. The van der Waals surface area contributed by atoms with Crippen molar-refractivity contribution >= 4 is 17.4 Å². The number of aromatic nitrogens is 2. The molecule has 26 heavy (non-hydrogen) atoms. The van der Waals surface area contributed by atoms with Gasteiger partial charge in [0.25, 0.3) is 5.91 Å². The van der Waals surface area contributed by atoms with Gasteiger partial charge >= 0.3 is 0 Å². The summed E-state index contributed by atoms with van der Waals surface area (Å²) < 4.78 is 5.58. The van der Waals surface area contributed by atoms with E-state index in [1.54, 1.807) is 7.11 Å². The van der Waals surface area contributed by atoms with Crippen LogP contribution in [0, 0.1) is 6.92 Å². The molecule has 4 rings (SSSR count). The number of amides is 1. The Balaban J connectivity index is 1.71. The van der Waals surface area contributed by atoms with Gasteiger partial charge in [0.05, 0.1) is 7.11 Å². The van der Waals surface area contributed by atoms with Crippen LogP contribution in [0.25, 0.3) is 11.3 Å². The average molecular weight is 346 g/mol. The monoisotopic (exact) mass is 346 g/mol. The molecular weight excluding hydrogens is 328 g/mol. The highest BCUT2D eigenvalue weighted by molar-refractivity contribution is 5.99. The molecule has 6 nitrogen and oxygen atoms in total. The molecule has 0 saturated carbocycles. The van der Waals surface area contributed by atoms with E-state index in [0.717, 1.165) is 16.8 Å². The van der Waals surface area contributed by atoms with Gasteiger partial charge in [-0.1, -0.05) is 35.9 Å². The molecule has 0 saturated heterocycles. The molecule has 0 bridgehead atoms. The van der Waals surface area contributed by atoms with Gasteiger partial charge in [-0.15, -0.1) is 0 Å². The van der Waals surface area contributed by atoms with Crippen molar-refractivity contribution in [2.45, 2.75) is 13.5 Å². The fourth-order valence-corrected chi connectivity index (χ4v) is 3.00. The van der Waals surface area contributed by atoms with Crippen molar-refractivity contribution in [2.75, 3.05) is 12.4 Å². The lowest BCUT2D eigenvalue weighted by Gasteiger charge is -2.14. The maximum atomic E-state index is 11.9. The third-order valence-corrected chi connectivity index (χ3v) is 4.39. The fraction of sp³-hybridized carbons (Fsp3) is 0.150. The Labute approximate surface area is 151 Å². The largest absolute Gasteiger partial charge is 0.491 e. The van der Waals surface area contributed by atoms with Crippen molar-refractivity contribution in [3.8, 4) is 17.0 Å². The maximum absolute atomic E-state index is 11.9. The summed E-state index contributed by atoms with van der Waals surface area (Å²) in [4.78, 5) is 20.6. The Morgan fingerprint density at radius 2 is 1.92 bits per heavy atom. The van der Waals surface area contributed by atoms with Gasteiger partial charge in [0.2, 0.25) is 0 Å². The Kier molecular flexibility index (Phi) is 4.01. The zero-order valence-corrected chi connectivity index (χ0v) is 14.5. The Hall–Kier alpha value is -3.41. The quantitative estimate of drug-likeness (QED) is 0.757. The molecule has 6 heteroatoms. The molecule has 2 heterocycles. The number of hydrogen-bond acceptors (Lipinski definition) is 5. The van der Waals surface area contributed by atoms with Crippen LogP contribution in [0.1, 0.15) is 21.5 Å². The lowest BCUT2D eigenvalue weighted by atomic mass is 10.1. The topological polar surface area (TPSA) is 76.1 Å². The highest BCUT2D eigenvalue weighted by atomic mass is 16.5. The maximum Gasteiger partial charge on any atom is 0.251 e. The van der Waals surface area contributed by atoms with E-state index in [0.29, 0.717) is 29.4 Å². The highest BCUT2D eigenvalue weighted by Crippen LogP contribution is 2.35. The number of methoxy groups -OCH3 is 1. The molecule has 0 atom stereocenters. The van der Waals surface area contributed by atoms with Crippen LogP contribution in [0.4, 0.5) is 11.5 Å². The average Bonchev–Trinajstić information content (AvgIpc) is 3.03. The van der Waals surface area contributed by atoms with Gasteiger partial charge in [0, 0.05) is 23.4 Å². The summed E-state index contributed by atoms with van der Waals surface area (Å²) in [5.74, 6) is 1.05. The molecule has 2 aromatic carbocycles. The van der Waals surface area contributed by atoms with Gasteiger partial charge in [-0.05, 0) is 24.6 Å². The van der Waals surface area contributed by atoms with Crippen molar-refractivity contribution < 1.29 is 9.53 Å². The Bertz CT molecular complexity index is 984. The minimum atomic E-state index is -0.0568. The molecular formula is C20H18N4O2. The Morgan fingerprint density at radius 1 is 1.12 bits per heavy atom. The van der Waals surface area contributed by atoms with E-state index in [9.17, 15) is 4.79 Å². The van der Waals surface area contributed by atoms with E-state index in [1.807, 2.05) is 49.4 Å². The predicted molar refractivity (Wildman–Crippen MR) is 99.7 cm³/mol. The first-order chi connectivity index (χ1) is 12.7. The van der Waals surface area contributed by atoms with Crippen LogP contribution < -0.4 is 15.4 Å². The number of anilines is 2. The lowest BCUT2D eigenvalue weighted by molar-refractivity contribution is 0.0966. The molecule has 130 valence electrons. The second kappa shape index (κ2) is 6.48. The number of aryl methyl sites for hydroxylation is 1. The third kappa shape index (κ3) is 2.86. The van der Waals surface area contributed by atoms with Crippen LogP contribution in [0.2, 0.25) is 0 Å². The van der Waals surface area contributed by atoms with Crippen LogP contribution in [0.3, 0.4) is 0 Å². The lowest BCUT2D eigenvalue weighted by Crippen LogP contribution is -2.12. The number of carbonyl (C=O) groups is 1. The molecule has 0 spiro atoms. The van der Waals surface area contributed by atoms with Crippen molar-refractivity contribution in [2.24, 2.45) is 0 Å². The molecule has 1 aliphatic heterocycles. The second-order valence-electron chi connectivity index (χ2n) is 6.15. The van der Waals surface area contributed by atoms with E-state index in [-0.39, 0.29) is 5.91 Å². The third-order valence-electron chi connectivity index (χ3n) is 4.39. The molecule has 1 aromatic heterocycles. The smallest absolute Gasteiger partial charge is 0.251 e. The minimum absolute atomic E-state index is 0.0568. The first-order valence-electron chi connectivity index (χ1n) is 8.30. The van der Waals surface area contributed by atoms with Crippen LogP contribution in [0.5, 0.6) is 5.75 Å². The van der Waals surface area contributed by atoms with Gasteiger partial charge < -0.3 is 15.4 Å². The first-order valence-corrected chi connectivity index (χ1v) is 8.30. The molecule has 3 aromatic rings. The summed E-state index contributed by atoms with van der Waals surface area (Å²) >= 11 is 0. The zero-order valence-electron chi connectivity index (χ0n) is 14.5. The van der Waals surface area contributed by atoms with Crippen molar-refractivity contribution in [1.82, 2.24) is 15.3 Å². The van der Waals surface area contributed by atoms with Crippen LogP contribution in [0.15, 0.2) is 48.8 Å². The van der Waals surface area contributed by atoms with Crippen molar-refractivity contribution in [1.29, 1.82) is 0 Å². The Morgan fingerprint density at radius 3 is 2.69 bits per heavy atom. The number of carbonyl (C=O) groups excluding carboxylic acids is 1. The van der Waals surface area contributed by atoms with Gasteiger partial charge in [-0.3, -0.25) is 4.79 Å². The number of nitrogens with one attached hydrogen (secondary N) is 2. The highest BCUT2D eigenvalue weighted by Gasteiger charge is 2.20. The summed E-state index contributed by atoms with van der Waals surface area (Å²) in [6.45, 7) is 2.61. The summed E-state index contributed by atoms with van der Waals surface area (Å²) in [6.07, 6.45) is 1.50. The number of benzene rings is 2. The molecule has 0 fully saturated rings. The SMILES string of the molecule is COc1c(Nc2ccc3c(c2)C(=O)NC3)ncnc1-c1ccc(C)cc1. The zero-order chi connectivity index (χ0) is 18.1. The van der Waals surface area contributed by atoms with Crippen molar-refractivity contribution in [3.05, 3.63) is 65.5 Å². The first kappa shape index (κ1) is 16.1. The van der Waals surface area contributed by atoms with E-state index < -0.39 is 0 Å². The number of fused-ring (bicyclic) bond motifs is 1. The fourth-order valence-electron chi connectivity index (χ4n) is 3.00. The summed E-state index contributed by atoms with van der Waals surface area (Å²) in [5.41, 5.74) is 5.29. The van der Waals surface area contributed by atoms with Crippen LogP contribution in [-0.4, -0.2) is 23.0 Å². The normalized spacial score (nSPS) is 12.5. The van der Waals surface area contributed by atoms with E-state index in [2.05, 4.69) is 20.6 Å². The number of rotatable bonds is 4. The molecule has 0 radical (unpaired) electrons. The number of nitrogens with zero attached hydrogens (tertiary/aromatic N) is 2. The van der Waals surface area contributed by atoms with Gasteiger partial charge in [0.15, 0.2) is 11.6 Å². The van der Waals surface area contributed by atoms with Crippen LogP contribution in [-0.2, 0) is 6.54 Å². The second-order valence-corrected chi connectivity index (χ2v) is 6.15. The van der Waals surface area contributed by atoms with Gasteiger partial charge in [-0.25, -0.2) is 9.97 Å². The van der Waals surface area contributed by atoms with E-state index >= 15 is 0 Å². The van der Waals surface area contributed by atoms with Crippen LogP contribution >= 0.6 is 0 Å². The summed E-state index contributed by atoms with van der Waals surface area (Å²) in [5, 5.41) is 6.06. The molecule has 1 amide bonds. The summed E-state index contributed by atoms with van der Waals surface area (Å²) in [7, 11) is 1.59. The van der Waals surface area contributed by atoms with Crippen molar-refractivity contribution in [3.63, 3.8) is 0 Å². The standard InChI is InChI=1S/C20H18N4O2/c1-12-3-5-13(6-4-12)17-18(26-2)19(23-11-22-17)24-15-8-7-14-10-21-20(25)16(14)9-15/h3-9,11H,10H2,1-2H3,(H,21,25)(H,22,23,24). The van der Waals surface area contributed by atoms with E-state index in [4.69, 9.17) is 4.74 Å². The number of ether oxygens (including phenoxy) is 1. The van der Waals surface area contributed by atoms with Gasteiger partial charge in [-0.2, -0.15) is 0 Å². The molecule has 2 N–H and O–H groups in total. The molecule has 0 aliphatic carbocycles.